The minimum atomic E-state index is -0.0201. The average molecular weight is 395 g/mol. The molecule has 3 N–H and O–H groups in total. The maximum atomic E-state index is 12.4. The van der Waals surface area contributed by atoms with Crippen molar-refractivity contribution >= 4 is 22.4 Å². The van der Waals surface area contributed by atoms with Crippen LogP contribution < -0.4 is 16.2 Å². The van der Waals surface area contributed by atoms with Crippen LogP contribution in [0.15, 0.2) is 41.6 Å². The smallest absolute Gasteiger partial charge is 0.251 e. The average Bonchev–Trinajstić information content (AvgIpc) is 3.19. The van der Waals surface area contributed by atoms with Gasteiger partial charge < -0.3 is 25.1 Å². The SMILES string of the molecule is CC=C(N)c1c(N(C)CCN(C)C)cc(-c2ccn(CC)c(=O)c2)c2nc[nH]c12. The van der Waals surface area contributed by atoms with Gasteiger partial charge in [-0.15, -0.1) is 0 Å². The third-order valence-electron chi connectivity index (χ3n) is 5.22. The number of aromatic nitrogens is 3. The Kier molecular flexibility index (Phi) is 6.08. The van der Waals surface area contributed by atoms with E-state index in [9.17, 15) is 4.79 Å². The topological polar surface area (TPSA) is 83.2 Å². The second kappa shape index (κ2) is 8.53. The van der Waals surface area contributed by atoms with Gasteiger partial charge in [0.2, 0.25) is 0 Å². The quantitative estimate of drug-likeness (QED) is 0.644. The van der Waals surface area contributed by atoms with Crippen LogP contribution in [0.5, 0.6) is 0 Å². The maximum Gasteiger partial charge on any atom is 0.251 e. The van der Waals surface area contributed by atoms with E-state index in [1.165, 1.54) is 0 Å². The van der Waals surface area contributed by atoms with E-state index in [4.69, 9.17) is 5.73 Å². The van der Waals surface area contributed by atoms with E-state index in [-0.39, 0.29) is 5.56 Å². The van der Waals surface area contributed by atoms with Gasteiger partial charge in [0.25, 0.3) is 5.56 Å². The fraction of sp³-hybridized carbons (Fsp3) is 0.364. The van der Waals surface area contributed by atoms with E-state index in [0.29, 0.717) is 12.2 Å². The molecule has 0 amide bonds. The summed E-state index contributed by atoms with van der Waals surface area (Å²) in [4.78, 5) is 24.6. The molecule has 0 bridgehead atoms. The van der Waals surface area contributed by atoms with Crippen molar-refractivity contribution in [1.82, 2.24) is 19.4 Å². The molecule has 0 saturated heterocycles. The molecule has 2 heterocycles. The van der Waals surface area contributed by atoms with Gasteiger partial charge >= 0.3 is 0 Å². The van der Waals surface area contributed by atoms with Crippen LogP contribution in [0.2, 0.25) is 0 Å². The Bertz CT molecular complexity index is 1090. The van der Waals surface area contributed by atoms with Crippen LogP contribution in [0, 0.1) is 0 Å². The Morgan fingerprint density at radius 1 is 1.28 bits per heavy atom. The largest absolute Gasteiger partial charge is 0.398 e. The van der Waals surface area contributed by atoms with Gasteiger partial charge in [0.15, 0.2) is 0 Å². The van der Waals surface area contributed by atoms with Crippen LogP contribution in [0.3, 0.4) is 0 Å². The van der Waals surface area contributed by atoms with E-state index in [1.807, 2.05) is 32.2 Å². The summed E-state index contributed by atoms with van der Waals surface area (Å²) >= 11 is 0. The van der Waals surface area contributed by atoms with E-state index >= 15 is 0 Å². The minimum absolute atomic E-state index is 0.0201. The molecular weight excluding hydrogens is 364 g/mol. The monoisotopic (exact) mass is 394 g/mol. The number of fused-ring (bicyclic) bond motifs is 1. The van der Waals surface area contributed by atoms with Crippen molar-refractivity contribution in [2.45, 2.75) is 20.4 Å². The predicted molar refractivity (Wildman–Crippen MR) is 121 cm³/mol. The number of likely N-dealkylation sites (N-methyl/N-ethyl adjacent to an activating group) is 2. The Morgan fingerprint density at radius 3 is 2.66 bits per heavy atom. The summed E-state index contributed by atoms with van der Waals surface area (Å²) in [6.07, 6.45) is 5.41. The Balaban J connectivity index is 2.25. The molecule has 154 valence electrons. The minimum Gasteiger partial charge on any atom is -0.398 e. The van der Waals surface area contributed by atoms with Gasteiger partial charge in [0.1, 0.15) is 0 Å². The van der Waals surface area contributed by atoms with Crippen LogP contribution >= 0.6 is 0 Å². The highest BCUT2D eigenvalue weighted by molar-refractivity contribution is 6.03. The van der Waals surface area contributed by atoms with Crippen molar-refractivity contribution in [3.8, 4) is 11.1 Å². The number of anilines is 1. The number of aromatic amines is 1. The summed E-state index contributed by atoms with van der Waals surface area (Å²) < 4.78 is 1.68. The summed E-state index contributed by atoms with van der Waals surface area (Å²) in [5, 5.41) is 0. The van der Waals surface area contributed by atoms with E-state index in [2.05, 4.69) is 47.0 Å². The lowest BCUT2D eigenvalue weighted by Gasteiger charge is -2.25. The van der Waals surface area contributed by atoms with Gasteiger partial charge in [-0.1, -0.05) is 6.08 Å². The molecule has 0 fully saturated rings. The lowest BCUT2D eigenvalue weighted by molar-refractivity contribution is 0.416. The number of hydrogen-bond donors (Lipinski definition) is 2. The summed E-state index contributed by atoms with van der Waals surface area (Å²) in [5.41, 5.74) is 12.5. The second-order valence-corrected chi connectivity index (χ2v) is 7.45. The molecule has 0 spiro atoms. The zero-order valence-corrected chi connectivity index (χ0v) is 17.9. The normalized spacial score (nSPS) is 12.1. The first-order chi connectivity index (χ1) is 13.9. The number of nitrogens with two attached hydrogens (primary N) is 1. The summed E-state index contributed by atoms with van der Waals surface area (Å²) in [5.74, 6) is 0. The van der Waals surface area contributed by atoms with Crippen molar-refractivity contribution in [2.75, 3.05) is 39.1 Å². The van der Waals surface area contributed by atoms with Crippen molar-refractivity contribution in [2.24, 2.45) is 5.73 Å². The van der Waals surface area contributed by atoms with Gasteiger partial charge in [-0.2, -0.15) is 0 Å². The van der Waals surface area contributed by atoms with E-state index in [0.717, 1.165) is 46.5 Å². The first kappa shape index (κ1) is 20.7. The third kappa shape index (κ3) is 4.05. The molecule has 7 nitrogen and oxygen atoms in total. The van der Waals surface area contributed by atoms with Gasteiger partial charge in [-0.25, -0.2) is 4.98 Å². The summed E-state index contributed by atoms with van der Waals surface area (Å²) in [6.45, 7) is 6.28. The fourth-order valence-corrected chi connectivity index (χ4v) is 3.46. The Morgan fingerprint density at radius 2 is 2.03 bits per heavy atom. The van der Waals surface area contributed by atoms with E-state index < -0.39 is 0 Å². The van der Waals surface area contributed by atoms with Gasteiger partial charge in [0.05, 0.1) is 17.4 Å². The van der Waals surface area contributed by atoms with Crippen molar-refractivity contribution < 1.29 is 0 Å². The molecule has 0 saturated carbocycles. The molecule has 3 rings (SSSR count). The number of rotatable bonds is 7. The van der Waals surface area contributed by atoms with Crippen LogP contribution in [-0.2, 0) is 6.54 Å². The summed E-state index contributed by atoms with van der Waals surface area (Å²) in [7, 11) is 6.18. The molecule has 0 atom stereocenters. The highest BCUT2D eigenvalue weighted by atomic mass is 16.1. The zero-order chi connectivity index (χ0) is 21.1. The Labute approximate surface area is 171 Å². The number of benzene rings is 1. The molecule has 29 heavy (non-hydrogen) atoms. The van der Waals surface area contributed by atoms with Crippen molar-refractivity contribution in [1.29, 1.82) is 0 Å². The number of imidazole rings is 1. The number of allylic oxidation sites excluding steroid dienone is 1. The molecule has 0 unspecified atom stereocenters. The maximum absolute atomic E-state index is 12.4. The van der Waals surface area contributed by atoms with Crippen LogP contribution in [0.25, 0.3) is 27.9 Å². The number of nitrogens with one attached hydrogen (secondary N) is 1. The number of nitrogens with zero attached hydrogens (tertiary/aromatic N) is 4. The highest BCUT2D eigenvalue weighted by Crippen LogP contribution is 2.37. The zero-order valence-electron chi connectivity index (χ0n) is 17.9. The molecule has 3 aromatic rings. The Hall–Kier alpha value is -3.06. The van der Waals surface area contributed by atoms with Crippen LogP contribution in [-0.4, -0.2) is 53.7 Å². The molecule has 0 radical (unpaired) electrons. The van der Waals surface area contributed by atoms with E-state index in [1.54, 1.807) is 17.0 Å². The van der Waals surface area contributed by atoms with Crippen molar-refractivity contribution in [3.05, 3.63) is 52.7 Å². The number of pyridine rings is 1. The standard InChI is InChI=1S/C22H30N6O/c1-6-17(23)20-18(27(5)11-10-26(3)4)13-16(21-22(20)25-14-24-21)15-8-9-28(7-2)19(29)12-15/h6,8-9,12-14H,7,10-11,23H2,1-5H3,(H,24,25). The molecule has 7 heteroatoms. The number of hydrogen-bond acceptors (Lipinski definition) is 5. The molecule has 0 aliphatic rings. The first-order valence-corrected chi connectivity index (χ1v) is 9.86. The summed E-state index contributed by atoms with van der Waals surface area (Å²) in [6, 6.07) is 5.74. The van der Waals surface area contributed by atoms with Crippen LogP contribution in [0.1, 0.15) is 19.4 Å². The lowest BCUT2D eigenvalue weighted by atomic mass is 9.98. The van der Waals surface area contributed by atoms with Crippen molar-refractivity contribution in [3.63, 3.8) is 0 Å². The number of aryl methyl sites for hydroxylation is 1. The molecule has 0 aliphatic carbocycles. The molecule has 2 aromatic heterocycles. The molecule has 0 aliphatic heterocycles. The van der Waals surface area contributed by atoms with Gasteiger partial charge in [-0.05, 0) is 45.6 Å². The predicted octanol–water partition coefficient (Wildman–Crippen LogP) is 2.73. The molecular formula is C22H30N6O. The van der Waals surface area contributed by atoms with Gasteiger partial charge in [-0.3, -0.25) is 4.79 Å². The molecule has 1 aromatic carbocycles. The second-order valence-electron chi connectivity index (χ2n) is 7.45. The lowest BCUT2D eigenvalue weighted by Crippen LogP contribution is -2.29. The van der Waals surface area contributed by atoms with Gasteiger partial charge in [0, 0.05) is 61.5 Å². The third-order valence-corrected chi connectivity index (χ3v) is 5.22. The highest BCUT2D eigenvalue weighted by Gasteiger charge is 2.20. The van der Waals surface area contributed by atoms with Crippen LogP contribution in [0.4, 0.5) is 5.69 Å². The first-order valence-electron chi connectivity index (χ1n) is 9.86. The number of H-pyrrole nitrogens is 1. The fourth-order valence-electron chi connectivity index (χ4n) is 3.46.